The lowest BCUT2D eigenvalue weighted by Crippen LogP contribution is -2.77. The Balaban J connectivity index is 1.77. The fourth-order valence-corrected chi connectivity index (χ4v) is 6.79. The molecule has 1 aromatic carbocycles. The zero-order valence-electron chi connectivity index (χ0n) is 18.1. The van der Waals surface area contributed by atoms with Crippen molar-refractivity contribution < 1.29 is 23.2 Å². The first-order chi connectivity index (χ1) is 13.3. The van der Waals surface area contributed by atoms with Crippen molar-refractivity contribution in [2.45, 2.75) is 76.8 Å². The van der Waals surface area contributed by atoms with Gasteiger partial charge in [-0.2, -0.15) is 0 Å². The van der Waals surface area contributed by atoms with Crippen LogP contribution in [0.4, 0.5) is 0 Å². The smallest absolute Gasteiger partial charge is 0.426 e. The van der Waals surface area contributed by atoms with E-state index >= 15 is 0 Å². The van der Waals surface area contributed by atoms with Crippen LogP contribution >= 0.6 is 0 Å². The van der Waals surface area contributed by atoms with Gasteiger partial charge in [-0.05, 0) is 49.0 Å². The molecule has 0 saturated heterocycles. The molecular weight excluding hydrogens is 389 g/mol. The van der Waals surface area contributed by atoms with Gasteiger partial charge in [-0.15, -0.1) is 0 Å². The van der Waals surface area contributed by atoms with Crippen molar-refractivity contribution in [3.8, 4) is 0 Å². The van der Waals surface area contributed by atoms with Crippen LogP contribution in [0.15, 0.2) is 30.3 Å². The Morgan fingerprint density at radius 3 is 2.38 bits per heavy atom. The lowest BCUT2D eigenvalue weighted by atomic mass is 9.40. The molecule has 0 aliphatic heterocycles. The van der Waals surface area contributed by atoms with Gasteiger partial charge in [-0.1, -0.05) is 58.0 Å². The zero-order valence-corrected chi connectivity index (χ0v) is 18.9. The summed E-state index contributed by atoms with van der Waals surface area (Å²) in [7, 11) is -5.04. The molecule has 162 valence electrons. The molecule has 3 N–H and O–H groups in total. The highest BCUT2D eigenvalue weighted by molar-refractivity contribution is 7.88. The van der Waals surface area contributed by atoms with Gasteiger partial charge in [-0.3, -0.25) is 0 Å². The SMILES string of the molecule is CC(C)[C@H](NS(=O)(=O)Cc1ccccc1)B(O)OC12CC(CCC1(C)O)C2(C)C. The first kappa shape index (κ1) is 22.8. The van der Waals surface area contributed by atoms with Gasteiger partial charge in [0.05, 0.1) is 22.9 Å². The Bertz CT molecular complexity index is 817. The van der Waals surface area contributed by atoms with Crippen molar-refractivity contribution in [1.29, 1.82) is 0 Å². The predicted octanol–water partition coefficient (Wildman–Crippen LogP) is 2.50. The maximum absolute atomic E-state index is 12.7. The van der Waals surface area contributed by atoms with Crippen LogP contribution in [0.25, 0.3) is 0 Å². The molecule has 0 amide bonds. The summed E-state index contributed by atoms with van der Waals surface area (Å²) in [6.07, 6.45) is 2.21. The molecule has 0 heterocycles. The van der Waals surface area contributed by atoms with E-state index in [9.17, 15) is 18.5 Å². The van der Waals surface area contributed by atoms with Gasteiger partial charge < -0.3 is 14.8 Å². The second kappa shape index (κ2) is 7.64. The molecule has 29 heavy (non-hydrogen) atoms. The number of rotatable bonds is 8. The molecule has 3 aliphatic carbocycles. The van der Waals surface area contributed by atoms with Crippen molar-refractivity contribution in [3.05, 3.63) is 35.9 Å². The minimum absolute atomic E-state index is 0.166. The molecular formula is C21H34BNO5S. The molecule has 0 spiro atoms. The van der Waals surface area contributed by atoms with Gasteiger partial charge in [0.25, 0.3) is 0 Å². The largest absolute Gasteiger partial charge is 0.474 e. The summed E-state index contributed by atoms with van der Waals surface area (Å²) in [5.74, 6) is -0.743. The van der Waals surface area contributed by atoms with Crippen molar-refractivity contribution in [1.82, 2.24) is 4.72 Å². The number of nitrogens with one attached hydrogen (secondary N) is 1. The highest BCUT2D eigenvalue weighted by Crippen LogP contribution is 2.67. The van der Waals surface area contributed by atoms with Gasteiger partial charge >= 0.3 is 7.12 Å². The molecule has 8 heteroatoms. The normalized spacial score (nSPS) is 31.9. The van der Waals surface area contributed by atoms with E-state index in [-0.39, 0.29) is 17.1 Å². The molecule has 4 atom stereocenters. The lowest BCUT2D eigenvalue weighted by Gasteiger charge is -2.71. The Hall–Kier alpha value is -0.925. The van der Waals surface area contributed by atoms with E-state index in [1.165, 1.54) is 0 Å². The standard InChI is InChI=1S/C21H34BNO5S/c1-15(2)18(23-29(26,27)14-16-9-7-6-8-10-16)22(25)28-21-13-17(19(21,3)4)11-12-20(21,5)24/h6-10,15,17-18,23-25H,11-14H2,1-5H3/t17?,18-,20?,21?/m0/s1. The Kier molecular flexibility index (Phi) is 6.00. The Labute approximate surface area is 175 Å². The number of fused-ring (bicyclic) bond motifs is 2. The highest BCUT2D eigenvalue weighted by atomic mass is 32.2. The number of hydrogen-bond acceptors (Lipinski definition) is 5. The quantitative estimate of drug-likeness (QED) is 0.559. The Morgan fingerprint density at radius 2 is 1.86 bits per heavy atom. The highest BCUT2D eigenvalue weighted by Gasteiger charge is 2.72. The van der Waals surface area contributed by atoms with Gasteiger partial charge in [0.2, 0.25) is 10.0 Å². The van der Waals surface area contributed by atoms with Crippen LogP contribution in [-0.4, -0.2) is 42.8 Å². The van der Waals surface area contributed by atoms with Gasteiger partial charge in [0.15, 0.2) is 0 Å². The third-order valence-electron chi connectivity index (χ3n) is 7.31. The third kappa shape index (κ3) is 4.02. The summed E-state index contributed by atoms with van der Waals surface area (Å²) >= 11 is 0. The Morgan fingerprint density at radius 1 is 1.24 bits per heavy atom. The van der Waals surface area contributed by atoms with Crippen molar-refractivity contribution >= 4 is 17.1 Å². The molecule has 0 aromatic heterocycles. The van der Waals surface area contributed by atoms with Crippen LogP contribution in [0.3, 0.4) is 0 Å². The summed E-state index contributed by atoms with van der Waals surface area (Å²) in [5.41, 5.74) is -1.58. The molecule has 4 rings (SSSR count). The van der Waals surface area contributed by atoms with E-state index in [2.05, 4.69) is 18.6 Å². The van der Waals surface area contributed by atoms with E-state index in [1.807, 2.05) is 19.9 Å². The van der Waals surface area contributed by atoms with Crippen LogP contribution in [0.2, 0.25) is 0 Å². The zero-order chi connectivity index (χ0) is 21.7. The van der Waals surface area contributed by atoms with Crippen LogP contribution in [0.5, 0.6) is 0 Å². The maximum Gasteiger partial charge on any atom is 0.474 e. The van der Waals surface area contributed by atoms with Crippen molar-refractivity contribution in [2.75, 3.05) is 0 Å². The van der Waals surface area contributed by atoms with Crippen molar-refractivity contribution in [2.24, 2.45) is 17.3 Å². The molecule has 3 aliphatic rings. The summed E-state index contributed by atoms with van der Waals surface area (Å²) in [6.45, 7) is 9.57. The van der Waals surface area contributed by atoms with E-state index in [0.717, 1.165) is 6.42 Å². The number of benzene rings is 1. The predicted molar refractivity (Wildman–Crippen MR) is 114 cm³/mol. The summed E-state index contributed by atoms with van der Waals surface area (Å²) < 4.78 is 34.3. The van der Waals surface area contributed by atoms with Gasteiger partial charge in [-0.25, -0.2) is 13.1 Å². The molecule has 6 nitrogen and oxygen atoms in total. The van der Waals surface area contributed by atoms with Gasteiger partial charge in [0.1, 0.15) is 0 Å². The molecule has 3 unspecified atom stereocenters. The van der Waals surface area contributed by atoms with Crippen LogP contribution in [0, 0.1) is 17.3 Å². The van der Waals surface area contributed by atoms with Crippen LogP contribution in [-0.2, 0) is 20.4 Å². The molecule has 2 bridgehead atoms. The van der Waals surface area contributed by atoms with Crippen LogP contribution in [0.1, 0.15) is 59.4 Å². The summed E-state index contributed by atoms with van der Waals surface area (Å²) in [4.78, 5) is 0. The number of hydrogen-bond donors (Lipinski definition) is 3. The summed E-state index contributed by atoms with van der Waals surface area (Å²) in [5, 5.41) is 22.0. The topological polar surface area (TPSA) is 95.9 Å². The second-order valence-corrected chi connectivity index (χ2v) is 11.7. The maximum atomic E-state index is 12.7. The fraction of sp³-hybridized carbons (Fsp3) is 0.714. The molecule has 1 aromatic rings. The average Bonchev–Trinajstić information content (AvgIpc) is 2.61. The van der Waals surface area contributed by atoms with Crippen LogP contribution < -0.4 is 4.72 Å². The minimum atomic E-state index is -3.68. The van der Waals surface area contributed by atoms with E-state index in [4.69, 9.17) is 4.65 Å². The van der Waals surface area contributed by atoms with E-state index in [1.54, 1.807) is 31.2 Å². The number of aliphatic hydroxyl groups is 1. The number of sulfonamides is 1. The minimum Gasteiger partial charge on any atom is -0.426 e. The first-order valence-electron chi connectivity index (χ1n) is 10.4. The third-order valence-corrected chi connectivity index (χ3v) is 8.65. The second-order valence-electron chi connectivity index (χ2n) is 9.90. The summed E-state index contributed by atoms with van der Waals surface area (Å²) in [6, 6.07) is 8.93. The first-order valence-corrected chi connectivity index (χ1v) is 12.1. The van der Waals surface area contributed by atoms with E-state index < -0.39 is 34.3 Å². The average molecular weight is 423 g/mol. The van der Waals surface area contributed by atoms with Crippen molar-refractivity contribution in [3.63, 3.8) is 0 Å². The molecule has 0 radical (unpaired) electrons. The van der Waals surface area contributed by atoms with E-state index in [0.29, 0.717) is 24.3 Å². The molecule has 3 fully saturated rings. The monoisotopic (exact) mass is 423 g/mol. The van der Waals surface area contributed by atoms with Gasteiger partial charge in [0, 0.05) is 0 Å². The lowest BCUT2D eigenvalue weighted by molar-refractivity contribution is -0.305. The fourth-order valence-electron chi connectivity index (χ4n) is 5.27. The molecule has 3 saturated carbocycles.